The molecular formula is C40H34N4O8. The first-order valence-corrected chi connectivity index (χ1v) is 17.0. The maximum Gasteiger partial charge on any atom is 0.271 e. The molecule has 6 unspecified atom stereocenters. The number of hydrogen-bond donors (Lipinski definition) is 2. The third kappa shape index (κ3) is 4.74. The van der Waals surface area contributed by atoms with Gasteiger partial charge in [0, 0.05) is 23.6 Å². The number of carbonyl (C=O) groups is 4. The van der Waals surface area contributed by atoms with Crippen LogP contribution in [0.15, 0.2) is 109 Å². The number of benzene rings is 4. The predicted octanol–water partition coefficient (Wildman–Crippen LogP) is 5.81. The number of amides is 4. The second-order valence-corrected chi connectivity index (χ2v) is 13.8. The average Bonchev–Trinajstić information content (AvgIpc) is 3.54. The van der Waals surface area contributed by atoms with Crippen molar-refractivity contribution in [2.45, 2.75) is 31.1 Å². The number of imide groups is 2. The molecule has 12 nitrogen and oxygen atoms in total. The summed E-state index contributed by atoms with van der Waals surface area (Å²) in [5.74, 6) is -6.12. The fraction of sp³-hybridized carbons (Fsp3) is 0.250. The van der Waals surface area contributed by atoms with Crippen LogP contribution in [0.2, 0.25) is 0 Å². The van der Waals surface area contributed by atoms with Gasteiger partial charge >= 0.3 is 0 Å². The molecule has 1 saturated carbocycles. The highest BCUT2D eigenvalue weighted by molar-refractivity contribution is 6.22. The number of non-ortho nitro benzene ring substituents is 1. The van der Waals surface area contributed by atoms with Crippen LogP contribution in [0.4, 0.5) is 17.1 Å². The summed E-state index contributed by atoms with van der Waals surface area (Å²) in [5.41, 5.74) is 4.40. The highest BCUT2D eigenvalue weighted by Crippen LogP contribution is 2.65. The molecule has 4 aromatic rings. The number of anilines is 2. The summed E-state index contributed by atoms with van der Waals surface area (Å²) < 4.78 is 5.58. The van der Waals surface area contributed by atoms with Crippen molar-refractivity contribution in [2.75, 3.05) is 17.4 Å². The molecule has 0 spiro atoms. The van der Waals surface area contributed by atoms with E-state index < -0.39 is 63.6 Å². The zero-order chi connectivity index (χ0) is 36.5. The van der Waals surface area contributed by atoms with Crippen LogP contribution in [0.25, 0.3) is 0 Å². The van der Waals surface area contributed by atoms with Crippen LogP contribution in [0, 0.1) is 40.7 Å². The first kappa shape index (κ1) is 32.9. The number of phenols is 1. The Hall–Kier alpha value is -6.30. The second-order valence-electron chi connectivity index (χ2n) is 13.8. The van der Waals surface area contributed by atoms with Gasteiger partial charge in [0.1, 0.15) is 11.5 Å². The number of ether oxygens (including phenoxy) is 1. The number of nitro groups is 1. The monoisotopic (exact) mass is 698 g/mol. The summed E-state index contributed by atoms with van der Waals surface area (Å²) in [6.07, 6.45) is 2.09. The lowest BCUT2D eigenvalue weighted by Gasteiger charge is -2.50. The second kappa shape index (κ2) is 12.2. The van der Waals surface area contributed by atoms with Gasteiger partial charge in [0.15, 0.2) is 0 Å². The van der Waals surface area contributed by atoms with Gasteiger partial charge in [-0.25, -0.2) is 4.90 Å². The molecule has 6 atom stereocenters. The van der Waals surface area contributed by atoms with E-state index in [0.29, 0.717) is 28.1 Å². The van der Waals surface area contributed by atoms with Crippen LogP contribution in [0.5, 0.6) is 11.5 Å². The quantitative estimate of drug-likeness (QED) is 0.105. The molecule has 12 heteroatoms. The maximum absolute atomic E-state index is 15.3. The number of methoxy groups -OCH3 is 1. The SMILES string of the molecule is COc1ccc(O)c(C2C3=CCC4C(=O)N(c5cccc([N+](=O)[O-])c5)C(=O)C4C3CC3C(=O)N(Nc4ccc(C)cc4)C(=O)C32c2ccccc2)c1. The summed E-state index contributed by atoms with van der Waals surface area (Å²) in [6.45, 7) is 1.93. The molecule has 2 N–H and O–H groups in total. The maximum atomic E-state index is 15.3. The molecule has 0 radical (unpaired) electrons. The van der Waals surface area contributed by atoms with Crippen molar-refractivity contribution in [1.82, 2.24) is 5.01 Å². The Balaban J connectivity index is 1.32. The van der Waals surface area contributed by atoms with Gasteiger partial charge in [-0.05, 0) is 67.6 Å². The molecule has 4 aliphatic rings. The molecule has 0 aromatic heterocycles. The minimum atomic E-state index is -1.57. The number of hydrogen-bond acceptors (Lipinski definition) is 9. The van der Waals surface area contributed by atoms with Gasteiger partial charge < -0.3 is 9.84 Å². The lowest BCUT2D eigenvalue weighted by Crippen LogP contribution is -2.53. The van der Waals surface area contributed by atoms with Crippen molar-refractivity contribution in [3.63, 3.8) is 0 Å². The van der Waals surface area contributed by atoms with E-state index in [9.17, 15) is 29.6 Å². The van der Waals surface area contributed by atoms with Crippen molar-refractivity contribution in [3.8, 4) is 11.5 Å². The number of carbonyl (C=O) groups excluding carboxylic acids is 4. The van der Waals surface area contributed by atoms with Gasteiger partial charge in [-0.2, -0.15) is 5.01 Å². The zero-order valence-electron chi connectivity index (χ0n) is 28.3. The van der Waals surface area contributed by atoms with Gasteiger partial charge in [0.2, 0.25) is 11.8 Å². The topological polar surface area (TPSA) is 159 Å². The number of rotatable bonds is 7. The number of allylic oxidation sites excluding steroid dienone is 2. The summed E-state index contributed by atoms with van der Waals surface area (Å²) in [4.78, 5) is 70.6. The molecule has 2 heterocycles. The fourth-order valence-electron chi connectivity index (χ4n) is 8.98. The molecular weight excluding hydrogens is 664 g/mol. The van der Waals surface area contributed by atoms with Crippen molar-refractivity contribution < 1.29 is 33.9 Å². The van der Waals surface area contributed by atoms with E-state index in [0.717, 1.165) is 15.5 Å². The first-order chi connectivity index (χ1) is 25.1. The Labute approximate surface area is 298 Å². The fourth-order valence-corrected chi connectivity index (χ4v) is 8.98. The van der Waals surface area contributed by atoms with E-state index in [4.69, 9.17) is 4.74 Å². The lowest BCUT2D eigenvalue weighted by atomic mass is 9.49. The van der Waals surface area contributed by atoms with Gasteiger partial charge in [-0.3, -0.25) is 34.7 Å². The predicted molar refractivity (Wildman–Crippen MR) is 189 cm³/mol. The van der Waals surface area contributed by atoms with Gasteiger partial charge in [0.05, 0.1) is 46.6 Å². The summed E-state index contributed by atoms with van der Waals surface area (Å²) in [7, 11) is 1.49. The third-order valence-electron chi connectivity index (χ3n) is 11.2. The van der Waals surface area contributed by atoms with E-state index in [1.54, 1.807) is 48.5 Å². The normalized spacial score (nSPS) is 26.4. The Morgan fingerprint density at radius 2 is 1.63 bits per heavy atom. The molecule has 3 fully saturated rings. The van der Waals surface area contributed by atoms with Crippen LogP contribution in [0.1, 0.15) is 35.4 Å². The van der Waals surface area contributed by atoms with Crippen molar-refractivity contribution in [2.24, 2.45) is 23.7 Å². The molecule has 8 rings (SSSR count). The van der Waals surface area contributed by atoms with E-state index in [-0.39, 0.29) is 30.0 Å². The molecule has 2 saturated heterocycles. The zero-order valence-corrected chi connectivity index (χ0v) is 28.3. The largest absolute Gasteiger partial charge is 0.508 e. The number of nitrogens with one attached hydrogen (secondary N) is 1. The molecule has 0 bridgehead atoms. The van der Waals surface area contributed by atoms with Crippen LogP contribution in [0.3, 0.4) is 0 Å². The highest BCUT2D eigenvalue weighted by atomic mass is 16.6. The number of aromatic hydroxyl groups is 1. The standard InChI is InChI=1S/C40H34N4O8/c1-22-11-13-24(14-12-22)41-43-37(47)32-21-30-28(16-17-29-34(30)38(48)42(36(29)46)25-9-6-10-26(19-25)44(50)51)35(31-20-27(52-2)15-18-33(31)45)40(32,39(43)49)23-7-4-3-5-8-23/h3-16,18-20,29-30,32,34-35,41,45H,17,21H2,1-2H3. The molecule has 2 aliphatic heterocycles. The molecule has 262 valence electrons. The first-order valence-electron chi connectivity index (χ1n) is 17.0. The Morgan fingerprint density at radius 1 is 0.885 bits per heavy atom. The van der Waals surface area contributed by atoms with Gasteiger partial charge in [-0.1, -0.05) is 65.7 Å². The van der Waals surface area contributed by atoms with E-state index >= 15 is 4.79 Å². The summed E-state index contributed by atoms with van der Waals surface area (Å²) in [5, 5.41) is 24.2. The molecule has 2 aliphatic carbocycles. The minimum absolute atomic E-state index is 0.0571. The molecule has 52 heavy (non-hydrogen) atoms. The smallest absolute Gasteiger partial charge is 0.271 e. The summed E-state index contributed by atoms with van der Waals surface area (Å²) in [6, 6.07) is 26.4. The van der Waals surface area contributed by atoms with Crippen LogP contribution < -0.4 is 15.1 Å². The van der Waals surface area contributed by atoms with Gasteiger partial charge in [-0.15, -0.1) is 0 Å². The minimum Gasteiger partial charge on any atom is -0.508 e. The third-order valence-corrected chi connectivity index (χ3v) is 11.2. The van der Waals surface area contributed by atoms with Crippen molar-refractivity contribution >= 4 is 40.7 Å². The summed E-state index contributed by atoms with van der Waals surface area (Å²) >= 11 is 0. The Kier molecular flexibility index (Phi) is 7.70. The van der Waals surface area contributed by atoms with Gasteiger partial charge in [0.25, 0.3) is 17.5 Å². The number of aryl methyl sites for hydroxylation is 1. The van der Waals surface area contributed by atoms with Crippen molar-refractivity contribution in [1.29, 1.82) is 0 Å². The van der Waals surface area contributed by atoms with E-state index in [1.807, 2.05) is 31.2 Å². The average molecular weight is 699 g/mol. The Bertz CT molecular complexity index is 2200. The van der Waals surface area contributed by atoms with E-state index in [1.165, 1.54) is 37.4 Å². The number of fused-ring (bicyclic) bond motifs is 4. The molecule has 4 amide bonds. The number of nitro benzene ring substituents is 1. The van der Waals surface area contributed by atoms with Crippen LogP contribution in [-0.2, 0) is 24.6 Å². The highest BCUT2D eigenvalue weighted by Gasteiger charge is 2.70. The number of nitrogens with zero attached hydrogens (tertiary/aromatic N) is 3. The number of hydrazine groups is 1. The van der Waals surface area contributed by atoms with Crippen LogP contribution >= 0.6 is 0 Å². The van der Waals surface area contributed by atoms with Crippen LogP contribution in [-0.4, -0.2) is 45.8 Å². The van der Waals surface area contributed by atoms with Crippen molar-refractivity contribution in [3.05, 3.63) is 136 Å². The number of phenolic OH excluding ortho intramolecular Hbond substituents is 1. The Morgan fingerprint density at radius 3 is 2.35 bits per heavy atom. The molecule has 4 aromatic carbocycles. The van der Waals surface area contributed by atoms with E-state index in [2.05, 4.69) is 5.43 Å². The lowest BCUT2D eigenvalue weighted by molar-refractivity contribution is -0.384.